The molecule has 0 aromatic carbocycles. The van der Waals surface area contributed by atoms with Gasteiger partial charge in [0, 0.05) is 12.3 Å². The van der Waals surface area contributed by atoms with E-state index in [1.165, 1.54) is 19.3 Å². The maximum absolute atomic E-state index is 11.6. The van der Waals surface area contributed by atoms with Gasteiger partial charge < -0.3 is 0 Å². The summed E-state index contributed by atoms with van der Waals surface area (Å²) in [7, 11) is 0. The van der Waals surface area contributed by atoms with Gasteiger partial charge in [-0.15, -0.1) is 6.58 Å². The van der Waals surface area contributed by atoms with E-state index >= 15 is 0 Å². The Balaban J connectivity index is 2.09. The molecule has 0 radical (unpaired) electrons. The first-order valence-electron chi connectivity index (χ1n) is 4.95. The molecular weight excluding hydrogens is 148 g/mol. The van der Waals surface area contributed by atoms with Crippen LogP contribution >= 0.6 is 0 Å². The third-order valence-corrected chi connectivity index (χ3v) is 3.47. The molecule has 2 aliphatic carbocycles. The smallest absolute Gasteiger partial charge is 0.136 e. The van der Waals surface area contributed by atoms with Crippen LogP contribution in [0.2, 0.25) is 0 Å². The molecule has 0 aromatic heterocycles. The van der Waals surface area contributed by atoms with Crippen molar-refractivity contribution < 1.29 is 4.79 Å². The van der Waals surface area contributed by atoms with Crippen LogP contribution in [0, 0.1) is 17.8 Å². The van der Waals surface area contributed by atoms with Gasteiger partial charge in [0.25, 0.3) is 0 Å². The van der Waals surface area contributed by atoms with Crippen molar-refractivity contribution in [3.63, 3.8) is 0 Å². The van der Waals surface area contributed by atoms with Gasteiger partial charge in [0.05, 0.1) is 0 Å². The highest BCUT2D eigenvalue weighted by Gasteiger charge is 2.39. The molecule has 0 spiro atoms. The third-order valence-electron chi connectivity index (χ3n) is 3.47. The summed E-state index contributed by atoms with van der Waals surface area (Å²) in [5.41, 5.74) is 0. The standard InChI is InChI=1S/C11H16O/c1-2-3-10-9-5-4-8(6-9)7-11(10)12/h2,8-10H,1,3-7H2/t8-,9+,10-/m1/s1. The SMILES string of the molecule is C=CC[C@H]1C(=O)C[C@@H]2CC[C@H]1C2. The molecule has 3 atom stereocenters. The highest BCUT2D eigenvalue weighted by molar-refractivity contribution is 5.82. The Labute approximate surface area is 73.8 Å². The first-order valence-corrected chi connectivity index (χ1v) is 4.95. The number of carbonyl (C=O) groups is 1. The summed E-state index contributed by atoms with van der Waals surface area (Å²) in [6.45, 7) is 3.72. The number of hydrogen-bond acceptors (Lipinski definition) is 1. The Morgan fingerprint density at radius 2 is 2.33 bits per heavy atom. The topological polar surface area (TPSA) is 17.1 Å². The molecular formula is C11H16O. The van der Waals surface area contributed by atoms with E-state index in [-0.39, 0.29) is 0 Å². The minimum Gasteiger partial charge on any atom is -0.299 e. The number of Topliss-reactive ketones (excluding diaryl/α,β-unsaturated/α-hetero) is 1. The Morgan fingerprint density at radius 3 is 3.08 bits per heavy atom. The highest BCUT2D eigenvalue weighted by Crippen LogP contribution is 2.44. The van der Waals surface area contributed by atoms with Crippen molar-refractivity contribution in [2.75, 3.05) is 0 Å². The second kappa shape index (κ2) is 3.04. The van der Waals surface area contributed by atoms with E-state index in [9.17, 15) is 4.79 Å². The van der Waals surface area contributed by atoms with E-state index in [2.05, 4.69) is 6.58 Å². The van der Waals surface area contributed by atoms with Crippen LogP contribution in [0.25, 0.3) is 0 Å². The van der Waals surface area contributed by atoms with Crippen molar-refractivity contribution in [1.29, 1.82) is 0 Å². The van der Waals surface area contributed by atoms with Crippen molar-refractivity contribution in [2.45, 2.75) is 32.1 Å². The first-order chi connectivity index (χ1) is 5.81. The Morgan fingerprint density at radius 1 is 1.50 bits per heavy atom. The van der Waals surface area contributed by atoms with Gasteiger partial charge in [0.15, 0.2) is 0 Å². The first kappa shape index (κ1) is 8.03. The minimum atomic E-state index is 0.334. The van der Waals surface area contributed by atoms with Crippen LogP contribution in [0.5, 0.6) is 0 Å². The normalized spacial score (nSPS) is 40.0. The molecule has 2 rings (SSSR count). The maximum Gasteiger partial charge on any atom is 0.136 e. The van der Waals surface area contributed by atoms with Crippen molar-refractivity contribution in [2.24, 2.45) is 17.8 Å². The molecule has 2 aliphatic rings. The molecule has 66 valence electrons. The molecule has 2 bridgehead atoms. The predicted molar refractivity (Wildman–Crippen MR) is 48.8 cm³/mol. The fraction of sp³-hybridized carbons (Fsp3) is 0.727. The number of ketones is 1. The van der Waals surface area contributed by atoms with Gasteiger partial charge in [-0.05, 0) is 37.5 Å². The summed E-state index contributed by atoms with van der Waals surface area (Å²) in [4.78, 5) is 11.6. The quantitative estimate of drug-likeness (QED) is 0.573. The lowest BCUT2D eigenvalue weighted by atomic mass is 9.77. The van der Waals surface area contributed by atoms with E-state index in [1.54, 1.807) is 0 Å². The zero-order valence-corrected chi connectivity index (χ0v) is 7.46. The summed E-state index contributed by atoms with van der Waals surface area (Å²) in [6, 6.07) is 0. The average molecular weight is 164 g/mol. The number of allylic oxidation sites excluding steroid dienone is 1. The lowest BCUT2D eigenvalue weighted by molar-refractivity contribution is -0.126. The van der Waals surface area contributed by atoms with E-state index in [4.69, 9.17) is 0 Å². The zero-order valence-electron chi connectivity index (χ0n) is 7.46. The predicted octanol–water partition coefficient (Wildman–Crippen LogP) is 2.57. The van der Waals surface area contributed by atoms with Crippen LogP contribution in [0.4, 0.5) is 0 Å². The average Bonchev–Trinajstić information content (AvgIpc) is 2.43. The lowest BCUT2D eigenvalue weighted by Crippen LogP contribution is -2.27. The number of hydrogen-bond donors (Lipinski definition) is 0. The number of carbonyl (C=O) groups excluding carboxylic acids is 1. The van der Waals surface area contributed by atoms with E-state index in [0.29, 0.717) is 17.6 Å². The van der Waals surface area contributed by atoms with Gasteiger partial charge in [-0.2, -0.15) is 0 Å². The second-order valence-corrected chi connectivity index (χ2v) is 4.24. The Bertz CT molecular complexity index is 207. The number of fused-ring (bicyclic) bond motifs is 2. The molecule has 0 aromatic rings. The molecule has 0 aliphatic heterocycles. The molecule has 2 saturated carbocycles. The van der Waals surface area contributed by atoms with Crippen molar-refractivity contribution in [1.82, 2.24) is 0 Å². The van der Waals surface area contributed by atoms with Gasteiger partial charge >= 0.3 is 0 Å². The summed E-state index contributed by atoms with van der Waals surface area (Å²) in [5.74, 6) is 2.28. The van der Waals surface area contributed by atoms with Crippen LogP contribution in [0.15, 0.2) is 12.7 Å². The van der Waals surface area contributed by atoms with Gasteiger partial charge in [-0.25, -0.2) is 0 Å². The molecule has 0 unspecified atom stereocenters. The molecule has 1 heteroatoms. The third kappa shape index (κ3) is 1.21. The fourth-order valence-corrected chi connectivity index (χ4v) is 2.87. The molecule has 0 amide bonds. The maximum atomic E-state index is 11.6. The molecule has 0 heterocycles. The van der Waals surface area contributed by atoms with Crippen molar-refractivity contribution in [3.05, 3.63) is 12.7 Å². The van der Waals surface area contributed by atoms with Crippen molar-refractivity contribution >= 4 is 5.78 Å². The van der Waals surface area contributed by atoms with E-state index < -0.39 is 0 Å². The second-order valence-electron chi connectivity index (χ2n) is 4.24. The van der Waals surface area contributed by atoms with Crippen molar-refractivity contribution in [3.8, 4) is 0 Å². The summed E-state index contributed by atoms with van der Waals surface area (Å²) in [6.07, 6.45) is 7.57. The lowest BCUT2D eigenvalue weighted by Gasteiger charge is -2.26. The van der Waals surface area contributed by atoms with Crippen LogP contribution in [-0.4, -0.2) is 5.78 Å². The highest BCUT2D eigenvalue weighted by atomic mass is 16.1. The van der Waals surface area contributed by atoms with Gasteiger partial charge in [0.1, 0.15) is 5.78 Å². The van der Waals surface area contributed by atoms with E-state index in [1.807, 2.05) is 6.08 Å². The minimum absolute atomic E-state index is 0.334. The van der Waals surface area contributed by atoms with Crippen LogP contribution in [0.3, 0.4) is 0 Å². The molecule has 12 heavy (non-hydrogen) atoms. The Hall–Kier alpha value is -0.590. The van der Waals surface area contributed by atoms with Gasteiger partial charge in [-0.1, -0.05) is 6.08 Å². The molecule has 0 saturated heterocycles. The monoisotopic (exact) mass is 164 g/mol. The summed E-state index contributed by atoms with van der Waals surface area (Å²) in [5, 5.41) is 0. The molecule has 2 fully saturated rings. The van der Waals surface area contributed by atoms with Crippen LogP contribution in [-0.2, 0) is 4.79 Å². The number of rotatable bonds is 2. The fourth-order valence-electron chi connectivity index (χ4n) is 2.87. The zero-order chi connectivity index (χ0) is 8.55. The molecule has 1 nitrogen and oxygen atoms in total. The Kier molecular flexibility index (Phi) is 2.03. The summed E-state index contributed by atoms with van der Waals surface area (Å²) < 4.78 is 0. The van der Waals surface area contributed by atoms with Crippen LogP contribution in [0.1, 0.15) is 32.1 Å². The molecule has 0 N–H and O–H groups in total. The largest absolute Gasteiger partial charge is 0.299 e. The van der Waals surface area contributed by atoms with E-state index in [0.717, 1.165) is 18.8 Å². The van der Waals surface area contributed by atoms with Gasteiger partial charge in [-0.3, -0.25) is 4.79 Å². The summed E-state index contributed by atoms with van der Waals surface area (Å²) >= 11 is 0. The van der Waals surface area contributed by atoms with Crippen LogP contribution < -0.4 is 0 Å². The van der Waals surface area contributed by atoms with Gasteiger partial charge in [0.2, 0.25) is 0 Å².